The first-order valence-corrected chi connectivity index (χ1v) is 10.4. The number of nitrogens with one attached hydrogen (secondary N) is 1. The molecule has 0 aliphatic carbocycles. The Labute approximate surface area is 187 Å². The van der Waals surface area contributed by atoms with Crippen molar-refractivity contribution in [1.82, 2.24) is 9.99 Å². The summed E-state index contributed by atoms with van der Waals surface area (Å²) in [4.78, 5) is 25.3. The van der Waals surface area contributed by atoms with Crippen molar-refractivity contribution in [3.63, 3.8) is 0 Å². The number of carbonyl (C=O) groups excluding carboxylic acids is 1. The predicted molar refractivity (Wildman–Crippen MR) is 125 cm³/mol. The van der Waals surface area contributed by atoms with Gasteiger partial charge < -0.3 is 14.0 Å². The Morgan fingerprint density at radius 3 is 2.72 bits per heavy atom. The van der Waals surface area contributed by atoms with Crippen molar-refractivity contribution in [1.29, 1.82) is 0 Å². The number of carbonyl (C=O) groups is 1. The Hall–Kier alpha value is -3.87. The van der Waals surface area contributed by atoms with E-state index in [9.17, 15) is 9.59 Å². The van der Waals surface area contributed by atoms with Crippen molar-refractivity contribution in [3.05, 3.63) is 93.4 Å². The van der Waals surface area contributed by atoms with Crippen molar-refractivity contribution >= 4 is 12.1 Å². The molecule has 32 heavy (non-hydrogen) atoms. The number of rotatable bonds is 9. The van der Waals surface area contributed by atoms with Crippen LogP contribution in [0.4, 0.5) is 0 Å². The average Bonchev–Trinajstić information content (AvgIpc) is 2.79. The van der Waals surface area contributed by atoms with Gasteiger partial charge in [-0.3, -0.25) is 9.59 Å². The molecular formula is C25H27N3O4. The van der Waals surface area contributed by atoms with E-state index in [1.165, 1.54) is 16.8 Å². The van der Waals surface area contributed by atoms with E-state index in [-0.39, 0.29) is 11.1 Å². The monoisotopic (exact) mass is 433 g/mol. The van der Waals surface area contributed by atoms with E-state index in [4.69, 9.17) is 9.47 Å². The molecule has 0 radical (unpaired) electrons. The van der Waals surface area contributed by atoms with E-state index in [1.807, 2.05) is 38.1 Å². The third-order valence-corrected chi connectivity index (χ3v) is 4.73. The lowest BCUT2D eigenvalue weighted by molar-refractivity contribution is 0.0953. The second kappa shape index (κ2) is 10.9. The van der Waals surface area contributed by atoms with Crippen LogP contribution in [0.2, 0.25) is 0 Å². The quantitative estimate of drug-likeness (QED) is 0.411. The molecule has 7 nitrogen and oxygen atoms in total. The van der Waals surface area contributed by atoms with Crippen LogP contribution in [0, 0.1) is 6.92 Å². The van der Waals surface area contributed by atoms with Gasteiger partial charge >= 0.3 is 0 Å². The first-order valence-electron chi connectivity index (χ1n) is 10.4. The van der Waals surface area contributed by atoms with Crippen molar-refractivity contribution in [3.8, 4) is 11.5 Å². The van der Waals surface area contributed by atoms with Crippen molar-refractivity contribution < 1.29 is 14.3 Å². The molecule has 3 aromatic rings. The molecular weight excluding hydrogens is 406 g/mol. The summed E-state index contributed by atoms with van der Waals surface area (Å²) in [5, 5.41) is 3.98. The second-order valence-corrected chi connectivity index (χ2v) is 7.30. The third kappa shape index (κ3) is 5.85. The molecule has 1 aromatic heterocycles. The Balaban J connectivity index is 1.70. The zero-order valence-corrected chi connectivity index (χ0v) is 18.5. The van der Waals surface area contributed by atoms with E-state index < -0.39 is 5.91 Å². The summed E-state index contributed by atoms with van der Waals surface area (Å²) in [6.45, 7) is 5.01. The van der Waals surface area contributed by atoms with Crippen LogP contribution < -0.4 is 20.5 Å². The summed E-state index contributed by atoms with van der Waals surface area (Å²) in [5.41, 5.74) is 4.89. The van der Waals surface area contributed by atoms with Crippen LogP contribution in [-0.2, 0) is 6.54 Å². The van der Waals surface area contributed by atoms with Gasteiger partial charge in [0.2, 0.25) is 0 Å². The lowest BCUT2D eigenvalue weighted by Gasteiger charge is -2.10. The highest BCUT2D eigenvalue weighted by atomic mass is 16.5. The number of aromatic nitrogens is 1. The van der Waals surface area contributed by atoms with Crippen LogP contribution in [0.15, 0.2) is 70.7 Å². The number of methoxy groups -OCH3 is 1. The summed E-state index contributed by atoms with van der Waals surface area (Å²) in [6, 6.07) is 16.4. The molecule has 1 heterocycles. The number of hydrogen-bond donors (Lipinski definition) is 1. The van der Waals surface area contributed by atoms with Gasteiger partial charge in [-0.15, -0.1) is 0 Å². The SMILES string of the molecule is CCCOc1ccc(/C=N\NC(=O)c2cccn(Cc3cccc(C)c3)c2=O)cc1OC. The van der Waals surface area contributed by atoms with Crippen LogP contribution in [0.1, 0.15) is 40.4 Å². The Kier molecular flexibility index (Phi) is 7.80. The molecule has 166 valence electrons. The normalized spacial score (nSPS) is 10.8. The summed E-state index contributed by atoms with van der Waals surface area (Å²) in [6.07, 6.45) is 4.04. The summed E-state index contributed by atoms with van der Waals surface area (Å²) < 4.78 is 12.5. The largest absolute Gasteiger partial charge is 0.493 e. The fourth-order valence-corrected chi connectivity index (χ4v) is 3.16. The fourth-order valence-electron chi connectivity index (χ4n) is 3.16. The van der Waals surface area contributed by atoms with Crippen molar-refractivity contribution in [2.24, 2.45) is 5.10 Å². The first-order chi connectivity index (χ1) is 15.5. The minimum Gasteiger partial charge on any atom is -0.493 e. The van der Waals surface area contributed by atoms with Crippen LogP contribution in [0.3, 0.4) is 0 Å². The molecule has 3 rings (SSSR count). The van der Waals surface area contributed by atoms with Gasteiger partial charge in [-0.05, 0) is 54.8 Å². The maximum atomic E-state index is 12.8. The first kappa shape index (κ1) is 22.8. The van der Waals surface area contributed by atoms with Crippen LogP contribution in [0.5, 0.6) is 11.5 Å². The maximum absolute atomic E-state index is 12.8. The van der Waals surface area contributed by atoms with Crippen molar-refractivity contribution in [2.45, 2.75) is 26.8 Å². The number of hydrazone groups is 1. The van der Waals surface area contributed by atoms with E-state index in [2.05, 4.69) is 10.5 Å². The minimum absolute atomic E-state index is 0.0261. The number of amides is 1. The van der Waals surface area contributed by atoms with E-state index in [1.54, 1.807) is 37.6 Å². The molecule has 0 saturated carbocycles. The van der Waals surface area contributed by atoms with Gasteiger partial charge in [-0.25, -0.2) is 5.43 Å². The van der Waals surface area contributed by atoms with Gasteiger partial charge in [-0.1, -0.05) is 36.8 Å². The number of ether oxygens (including phenoxy) is 2. The van der Waals surface area contributed by atoms with Gasteiger partial charge in [0.1, 0.15) is 5.56 Å². The van der Waals surface area contributed by atoms with Crippen molar-refractivity contribution in [2.75, 3.05) is 13.7 Å². The van der Waals surface area contributed by atoms with E-state index in [0.717, 1.165) is 23.1 Å². The molecule has 1 N–H and O–H groups in total. The zero-order chi connectivity index (χ0) is 22.9. The molecule has 0 atom stereocenters. The van der Waals surface area contributed by atoms with Crippen LogP contribution in [-0.4, -0.2) is 30.4 Å². The molecule has 0 aliphatic rings. The number of aryl methyl sites for hydroxylation is 1. The fraction of sp³-hybridized carbons (Fsp3) is 0.240. The highest BCUT2D eigenvalue weighted by Crippen LogP contribution is 2.27. The summed E-state index contributed by atoms with van der Waals surface area (Å²) >= 11 is 0. The maximum Gasteiger partial charge on any atom is 0.276 e. The van der Waals surface area contributed by atoms with Gasteiger partial charge in [-0.2, -0.15) is 5.10 Å². The van der Waals surface area contributed by atoms with Gasteiger partial charge in [0, 0.05) is 6.20 Å². The number of pyridine rings is 1. The predicted octanol–water partition coefficient (Wildman–Crippen LogP) is 3.77. The standard InChI is InChI=1S/C25H27N3O4/c1-4-13-32-22-11-10-19(15-23(22)31-3)16-26-27-24(29)21-9-6-12-28(25(21)30)17-20-8-5-7-18(2)14-20/h5-12,14-16H,4,13,17H2,1-3H3,(H,27,29)/b26-16-. The molecule has 0 fully saturated rings. The second-order valence-electron chi connectivity index (χ2n) is 7.30. The molecule has 0 unspecified atom stereocenters. The van der Waals surface area contributed by atoms with Crippen LogP contribution in [0.25, 0.3) is 0 Å². The Morgan fingerprint density at radius 2 is 1.97 bits per heavy atom. The highest BCUT2D eigenvalue weighted by Gasteiger charge is 2.12. The zero-order valence-electron chi connectivity index (χ0n) is 18.5. The molecule has 0 spiro atoms. The number of benzene rings is 2. The smallest absolute Gasteiger partial charge is 0.276 e. The number of hydrogen-bond acceptors (Lipinski definition) is 5. The van der Waals surface area contributed by atoms with E-state index >= 15 is 0 Å². The topological polar surface area (TPSA) is 81.9 Å². The lowest BCUT2D eigenvalue weighted by Crippen LogP contribution is -2.30. The Morgan fingerprint density at radius 1 is 1.12 bits per heavy atom. The molecule has 7 heteroatoms. The summed E-state index contributed by atoms with van der Waals surface area (Å²) in [7, 11) is 1.56. The third-order valence-electron chi connectivity index (χ3n) is 4.73. The van der Waals surface area contributed by atoms with E-state index in [0.29, 0.717) is 24.7 Å². The van der Waals surface area contributed by atoms with Gasteiger partial charge in [0.15, 0.2) is 11.5 Å². The van der Waals surface area contributed by atoms with Crippen LogP contribution >= 0.6 is 0 Å². The average molecular weight is 434 g/mol. The minimum atomic E-state index is -0.570. The van der Waals surface area contributed by atoms with Gasteiger partial charge in [0.25, 0.3) is 11.5 Å². The Bertz CT molecular complexity index is 1170. The highest BCUT2D eigenvalue weighted by molar-refractivity contribution is 5.94. The molecule has 0 aliphatic heterocycles. The molecule has 0 bridgehead atoms. The lowest BCUT2D eigenvalue weighted by atomic mass is 10.1. The molecule has 1 amide bonds. The molecule has 0 saturated heterocycles. The number of nitrogens with zero attached hydrogens (tertiary/aromatic N) is 2. The van der Waals surface area contributed by atoms with Gasteiger partial charge in [0.05, 0.1) is 26.5 Å². The molecule has 2 aromatic carbocycles. The summed E-state index contributed by atoms with van der Waals surface area (Å²) in [5.74, 6) is 0.657.